The van der Waals surface area contributed by atoms with Crippen LogP contribution in [0.1, 0.15) is 24.5 Å². The van der Waals surface area contributed by atoms with Crippen LogP contribution in [0.4, 0.5) is 5.82 Å². The lowest BCUT2D eigenvalue weighted by atomic mass is 9.93. The first-order chi connectivity index (χ1) is 10.3. The molecule has 1 aliphatic rings. The zero-order chi connectivity index (χ0) is 14.7. The average Bonchev–Trinajstić information content (AvgIpc) is 2.96. The van der Waals surface area contributed by atoms with Gasteiger partial charge in [0.15, 0.2) is 0 Å². The number of halogens is 1. The molecule has 112 valence electrons. The van der Waals surface area contributed by atoms with Crippen LogP contribution in [0.3, 0.4) is 0 Å². The van der Waals surface area contributed by atoms with Gasteiger partial charge < -0.3 is 10.0 Å². The largest absolute Gasteiger partial charge is 0.394 e. The molecular formula is C15H19ClN4O. The van der Waals surface area contributed by atoms with Gasteiger partial charge in [-0.1, -0.05) is 17.7 Å². The van der Waals surface area contributed by atoms with E-state index in [1.54, 1.807) is 6.07 Å². The standard InChI is InChI=1S/C15H19ClN4O/c16-14-2-1-3-15(18-14)19-8-5-12(6-9-19)13-4-7-17-20(13)10-11-21/h1-4,7,12,21H,5-6,8-11H2. The smallest absolute Gasteiger partial charge is 0.131 e. The Labute approximate surface area is 129 Å². The van der Waals surface area contributed by atoms with E-state index in [4.69, 9.17) is 16.7 Å². The molecule has 6 heteroatoms. The summed E-state index contributed by atoms with van der Waals surface area (Å²) in [6, 6.07) is 7.80. The highest BCUT2D eigenvalue weighted by Crippen LogP contribution is 2.30. The van der Waals surface area contributed by atoms with Gasteiger partial charge in [-0.05, 0) is 31.0 Å². The number of piperidine rings is 1. The zero-order valence-electron chi connectivity index (χ0n) is 11.8. The van der Waals surface area contributed by atoms with Crippen LogP contribution in [0, 0.1) is 0 Å². The van der Waals surface area contributed by atoms with Crippen molar-refractivity contribution in [1.29, 1.82) is 0 Å². The van der Waals surface area contributed by atoms with Crippen molar-refractivity contribution in [3.05, 3.63) is 41.3 Å². The summed E-state index contributed by atoms with van der Waals surface area (Å²) in [6.45, 7) is 2.61. The van der Waals surface area contributed by atoms with Gasteiger partial charge in [-0.2, -0.15) is 5.10 Å². The molecule has 2 aromatic heterocycles. The van der Waals surface area contributed by atoms with Crippen LogP contribution in [-0.4, -0.2) is 39.6 Å². The molecule has 0 saturated carbocycles. The van der Waals surface area contributed by atoms with Gasteiger partial charge in [-0.25, -0.2) is 4.98 Å². The third-order valence-electron chi connectivity index (χ3n) is 4.00. The highest BCUT2D eigenvalue weighted by Gasteiger charge is 2.23. The predicted molar refractivity (Wildman–Crippen MR) is 82.7 cm³/mol. The molecule has 0 amide bonds. The molecule has 0 aromatic carbocycles. The highest BCUT2D eigenvalue weighted by atomic mass is 35.5. The SMILES string of the molecule is OCCn1nccc1C1CCN(c2cccc(Cl)n2)CC1. The van der Waals surface area contributed by atoms with Gasteiger partial charge in [0.1, 0.15) is 11.0 Å². The molecule has 3 heterocycles. The number of rotatable bonds is 4. The Morgan fingerprint density at radius 2 is 2.05 bits per heavy atom. The van der Waals surface area contributed by atoms with Gasteiger partial charge >= 0.3 is 0 Å². The van der Waals surface area contributed by atoms with Crippen molar-refractivity contribution in [1.82, 2.24) is 14.8 Å². The fourth-order valence-electron chi connectivity index (χ4n) is 2.95. The Balaban J connectivity index is 1.66. The van der Waals surface area contributed by atoms with E-state index >= 15 is 0 Å². The summed E-state index contributed by atoms with van der Waals surface area (Å²) in [6.07, 6.45) is 3.94. The van der Waals surface area contributed by atoms with Crippen LogP contribution in [0.15, 0.2) is 30.5 Å². The zero-order valence-corrected chi connectivity index (χ0v) is 12.6. The van der Waals surface area contributed by atoms with Crippen LogP contribution >= 0.6 is 11.6 Å². The summed E-state index contributed by atoms with van der Waals surface area (Å²) in [5, 5.41) is 13.9. The minimum absolute atomic E-state index is 0.125. The minimum atomic E-state index is 0.125. The van der Waals surface area contributed by atoms with Crippen molar-refractivity contribution in [3.63, 3.8) is 0 Å². The summed E-state index contributed by atoms with van der Waals surface area (Å²) < 4.78 is 1.91. The Kier molecular flexibility index (Phi) is 4.41. The molecule has 5 nitrogen and oxygen atoms in total. The third-order valence-corrected chi connectivity index (χ3v) is 4.21. The van der Waals surface area contributed by atoms with Crippen molar-refractivity contribution in [2.24, 2.45) is 0 Å². The van der Waals surface area contributed by atoms with Crippen molar-refractivity contribution in [3.8, 4) is 0 Å². The number of hydrogen-bond acceptors (Lipinski definition) is 4. The van der Waals surface area contributed by atoms with Crippen LogP contribution in [0.25, 0.3) is 0 Å². The maximum absolute atomic E-state index is 9.09. The lowest BCUT2D eigenvalue weighted by Gasteiger charge is -2.33. The fraction of sp³-hybridized carbons (Fsp3) is 0.467. The monoisotopic (exact) mass is 306 g/mol. The van der Waals surface area contributed by atoms with Gasteiger partial charge in [-0.15, -0.1) is 0 Å². The number of pyridine rings is 1. The molecule has 1 N–H and O–H groups in total. The maximum atomic E-state index is 9.09. The molecule has 0 bridgehead atoms. The molecule has 1 fully saturated rings. The predicted octanol–water partition coefficient (Wildman–Crippen LogP) is 2.31. The van der Waals surface area contributed by atoms with E-state index in [1.807, 2.05) is 23.0 Å². The minimum Gasteiger partial charge on any atom is -0.394 e. The van der Waals surface area contributed by atoms with Crippen LogP contribution in [-0.2, 0) is 6.54 Å². The van der Waals surface area contributed by atoms with Gasteiger partial charge in [0.2, 0.25) is 0 Å². The second-order valence-electron chi connectivity index (χ2n) is 5.28. The van der Waals surface area contributed by atoms with E-state index in [0.29, 0.717) is 17.6 Å². The van der Waals surface area contributed by atoms with Crippen LogP contribution < -0.4 is 4.90 Å². The second-order valence-corrected chi connectivity index (χ2v) is 5.67. The van der Waals surface area contributed by atoms with Crippen molar-refractivity contribution in [2.75, 3.05) is 24.6 Å². The molecule has 1 aliphatic heterocycles. The third kappa shape index (κ3) is 3.19. The number of nitrogens with zero attached hydrogens (tertiary/aromatic N) is 4. The summed E-state index contributed by atoms with van der Waals surface area (Å²) in [5.74, 6) is 1.44. The summed E-state index contributed by atoms with van der Waals surface area (Å²) in [7, 11) is 0. The first kappa shape index (κ1) is 14.4. The summed E-state index contributed by atoms with van der Waals surface area (Å²) in [5.41, 5.74) is 1.22. The van der Waals surface area contributed by atoms with Crippen LogP contribution in [0.5, 0.6) is 0 Å². The van der Waals surface area contributed by atoms with E-state index in [2.05, 4.69) is 21.0 Å². The van der Waals surface area contributed by atoms with Crippen molar-refractivity contribution < 1.29 is 5.11 Å². The molecule has 3 rings (SSSR count). The lowest BCUT2D eigenvalue weighted by Crippen LogP contribution is -2.34. The van der Waals surface area contributed by atoms with E-state index < -0.39 is 0 Å². The molecule has 0 atom stereocenters. The Hall–Kier alpha value is -1.59. The molecule has 0 spiro atoms. The summed E-state index contributed by atoms with van der Waals surface area (Å²) >= 11 is 5.96. The molecule has 0 radical (unpaired) electrons. The average molecular weight is 307 g/mol. The lowest BCUT2D eigenvalue weighted by molar-refractivity contribution is 0.265. The number of aromatic nitrogens is 3. The van der Waals surface area contributed by atoms with E-state index in [0.717, 1.165) is 31.7 Å². The fourth-order valence-corrected chi connectivity index (χ4v) is 3.11. The number of hydrogen-bond donors (Lipinski definition) is 1. The van der Waals surface area contributed by atoms with E-state index in [9.17, 15) is 0 Å². The topological polar surface area (TPSA) is 54.2 Å². The van der Waals surface area contributed by atoms with E-state index in [1.165, 1.54) is 5.69 Å². The van der Waals surface area contributed by atoms with Gasteiger partial charge in [0.25, 0.3) is 0 Å². The normalized spacial score (nSPS) is 16.4. The quantitative estimate of drug-likeness (QED) is 0.881. The van der Waals surface area contributed by atoms with E-state index in [-0.39, 0.29) is 6.61 Å². The maximum Gasteiger partial charge on any atom is 0.131 e. The first-order valence-corrected chi connectivity index (χ1v) is 7.66. The second kappa shape index (κ2) is 6.45. The molecule has 2 aromatic rings. The Morgan fingerprint density at radius 1 is 1.24 bits per heavy atom. The molecule has 0 aliphatic carbocycles. The number of aliphatic hydroxyl groups excluding tert-OH is 1. The van der Waals surface area contributed by atoms with Crippen LogP contribution in [0.2, 0.25) is 5.15 Å². The number of anilines is 1. The summed E-state index contributed by atoms with van der Waals surface area (Å²) in [4.78, 5) is 6.65. The molecule has 0 unspecified atom stereocenters. The van der Waals surface area contributed by atoms with Crippen molar-refractivity contribution in [2.45, 2.75) is 25.3 Å². The highest BCUT2D eigenvalue weighted by molar-refractivity contribution is 6.29. The van der Waals surface area contributed by atoms with Gasteiger partial charge in [0, 0.05) is 30.9 Å². The molecular weight excluding hydrogens is 288 g/mol. The molecule has 21 heavy (non-hydrogen) atoms. The number of aliphatic hydroxyl groups is 1. The Bertz CT molecular complexity index is 593. The van der Waals surface area contributed by atoms with Gasteiger partial charge in [0.05, 0.1) is 13.2 Å². The van der Waals surface area contributed by atoms with Crippen molar-refractivity contribution >= 4 is 17.4 Å². The van der Waals surface area contributed by atoms with Gasteiger partial charge in [-0.3, -0.25) is 4.68 Å². The molecule has 1 saturated heterocycles. The first-order valence-electron chi connectivity index (χ1n) is 7.28. The Morgan fingerprint density at radius 3 is 2.76 bits per heavy atom.